The first-order valence-corrected chi connectivity index (χ1v) is 3.10. The summed E-state index contributed by atoms with van der Waals surface area (Å²) in [5.74, 6) is 0. The van der Waals surface area contributed by atoms with Gasteiger partial charge in [-0.1, -0.05) is 0 Å². The summed E-state index contributed by atoms with van der Waals surface area (Å²) in [6.07, 6.45) is 0. The van der Waals surface area contributed by atoms with Crippen molar-refractivity contribution in [3.05, 3.63) is 30.6 Å². The van der Waals surface area contributed by atoms with E-state index in [0.717, 1.165) is 0 Å². The maximum absolute atomic E-state index is 8.52. The van der Waals surface area contributed by atoms with E-state index in [1.54, 1.807) is 0 Å². The van der Waals surface area contributed by atoms with Gasteiger partial charge < -0.3 is 39.7 Å². The zero-order chi connectivity index (χ0) is 11.7. The molecule has 0 aliphatic carbocycles. The van der Waals surface area contributed by atoms with E-state index in [4.69, 9.17) is 48.2 Å². The van der Waals surface area contributed by atoms with E-state index >= 15 is 0 Å². The van der Waals surface area contributed by atoms with E-state index in [1.807, 2.05) is 0 Å². The Hall–Kier alpha value is 0.296. The minimum Gasteiger partial charge on any atom is -0.759 e. The Morgan fingerprint density at radius 1 is 0.800 bits per heavy atom. The molecular weight excluding hydrogens is 284 g/mol. The Morgan fingerprint density at radius 3 is 0.800 bits per heavy atom. The molecule has 0 amide bonds. The fraction of sp³-hybridized carbons (Fsp3) is 0. The van der Waals surface area contributed by atoms with Crippen LogP contribution in [0.5, 0.6) is 0 Å². The molecule has 0 atom stereocenters. The Morgan fingerprint density at radius 2 is 0.800 bits per heavy atom. The van der Waals surface area contributed by atoms with Crippen molar-refractivity contribution in [3.8, 4) is 0 Å². The third-order valence-electron chi connectivity index (χ3n) is 0. The molecule has 0 rings (SSSR count). The summed E-state index contributed by atoms with van der Waals surface area (Å²) in [7, 11) is -5.17. The van der Waals surface area contributed by atoms with Gasteiger partial charge in [0.25, 0.3) is 0 Å². The molecule has 0 bridgehead atoms. The van der Waals surface area contributed by atoms with Crippen LogP contribution in [0.3, 0.4) is 0 Å². The molecule has 0 saturated heterocycles. The van der Waals surface area contributed by atoms with E-state index in [-0.39, 0.29) is 60.8 Å². The minimum atomic E-state index is -5.17. The van der Waals surface area contributed by atoms with Crippen molar-refractivity contribution in [1.29, 1.82) is 0 Å². The molecule has 0 N–H and O–H groups in total. The van der Waals surface area contributed by atoms with Crippen LogP contribution >= 0.6 is 0 Å². The maximum Gasteiger partial charge on any atom is 2.00 e. The van der Waals surface area contributed by atoms with Gasteiger partial charge in [0.05, 0.1) is 10.2 Å². The third-order valence-corrected chi connectivity index (χ3v) is 0. The molecule has 0 aliphatic heterocycles. The van der Waals surface area contributed by atoms with Crippen LogP contribution in [0.4, 0.5) is 0 Å². The van der Waals surface area contributed by atoms with Crippen LogP contribution in [0.25, 0.3) is 0 Å². The zero-order valence-electron chi connectivity index (χ0n) is 6.80. The summed E-state index contributed by atoms with van der Waals surface area (Å²) in [6, 6.07) is 0. The van der Waals surface area contributed by atoms with Crippen LogP contribution in [0.1, 0.15) is 0 Å². The molecule has 0 fully saturated rings. The number of rotatable bonds is 0. The smallest absolute Gasteiger partial charge is 0.759 e. The summed E-state index contributed by atoms with van der Waals surface area (Å²) in [5.41, 5.74) is 0. The summed E-state index contributed by atoms with van der Waals surface area (Å²) < 4.78 is 34.1. The first-order valence-electron chi connectivity index (χ1n) is 1.76. The molecule has 0 aromatic rings. The van der Waals surface area contributed by atoms with Gasteiger partial charge in [0.15, 0.2) is 0 Å². The van der Waals surface area contributed by atoms with Gasteiger partial charge in [0.1, 0.15) is 0 Å². The second-order valence-electron chi connectivity index (χ2n) is 0.855. The Labute approximate surface area is 128 Å². The largest absolute Gasteiger partial charge is 2.00 e. The summed E-state index contributed by atoms with van der Waals surface area (Å²) >= 11 is 0. The summed E-state index contributed by atoms with van der Waals surface area (Å²) in [6.45, 7) is 0. The monoisotopic (exact) mass is 284 g/mol. The Balaban J connectivity index is -0.0000000315. The van der Waals surface area contributed by atoms with Gasteiger partial charge in [0, 0.05) is 10.4 Å². The molecule has 0 unspecified atom stereocenters. The van der Waals surface area contributed by atoms with Crippen molar-refractivity contribution < 1.29 is 27.7 Å². The van der Waals surface area contributed by atoms with Crippen LogP contribution < -0.4 is 0 Å². The molecule has 0 aliphatic rings. The van der Waals surface area contributed by atoms with Crippen LogP contribution in [-0.4, -0.2) is 88.5 Å². The zero-order valence-corrected chi connectivity index (χ0v) is 11.2. The van der Waals surface area contributed by atoms with Gasteiger partial charge in [-0.05, 0) is 0 Å². The second kappa shape index (κ2) is 16.7. The van der Waals surface area contributed by atoms with Gasteiger partial charge in [-0.25, -0.2) is 0 Å². The SMILES string of the molecule is O=S(=O)([O-])[O-].O=[N+]([O-])[O-].O=[N+]([O-])[O-].[Ca+2].[Mg+2]. The van der Waals surface area contributed by atoms with E-state index in [9.17, 15) is 0 Å². The fourth-order valence-electron chi connectivity index (χ4n) is 0. The van der Waals surface area contributed by atoms with Crippen LogP contribution in [0.15, 0.2) is 0 Å². The van der Waals surface area contributed by atoms with Gasteiger partial charge in [0.2, 0.25) is 0 Å². The molecule has 0 radical (unpaired) electrons. The van der Waals surface area contributed by atoms with Gasteiger partial charge >= 0.3 is 60.8 Å². The quantitative estimate of drug-likeness (QED) is 0.149. The number of hydrogen-bond donors (Lipinski definition) is 0. The van der Waals surface area contributed by atoms with Gasteiger partial charge in [-0.15, -0.1) is 0 Å². The van der Waals surface area contributed by atoms with Gasteiger partial charge in [-0.3, -0.25) is 8.42 Å². The van der Waals surface area contributed by atoms with Gasteiger partial charge in [-0.2, -0.15) is 0 Å². The molecule has 15 heavy (non-hydrogen) atoms. The third kappa shape index (κ3) is 24700. The molecule has 0 spiro atoms. The topological polar surface area (TPSA) is 213 Å². The second-order valence-corrected chi connectivity index (χ2v) is 1.67. The average molecular weight is 284 g/mol. The standard InChI is InChI=1S/Ca.Mg.2NO3.H2O4S/c;;2*2-1(3)4;1-5(2,3)4/h;;;;(H2,1,2,3,4)/q2*+2;2*-1;/p-2. The normalized spacial score (nSPS) is 7.07. The van der Waals surface area contributed by atoms with Crippen LogP contribution in [0, 0.1) is 30.6 Å². The molecule has 0 heterocycles. The molecule has 12 nitrogen and oxygen atoms in total. The average Bonchev–Trinajstić information content (AvgIpc) is 1.50. The minimum absolute atomic E-state index is 0. The van der Waals surface area contributed by atoms with E-state index in [0.29, 0.717) is 0 Å². The maximum atomic E-state index is 8.52. The van der Waals surface area contributed by atoms with Crippen LogP contribution in [-0.2, 0) is 10.4 Å². The van der Waals surface area contributed by atoms with E-state index in [2.05, 4.69) is 0 Å². The number of nitrogens with zero attached hydrogens (tertiary/aromatic N) is 2. The molecule has 15 heteroatoms. The first kappa shape index (κ1) is 29.5. The number of hydrogen-bond acceptors (Lipinski definition) is 10. The fourth-order valence-corrected chi connectivity index (χ4v) is 0. The molecule has 80 valence electrons. The van der Waals surface area contributed by atoms with E-state index < -0.39 is 20.6 Å². The molecular formula is CaMgN2O10S. The van der Waals surface area contributed by atoms with Crippen molar-refractivity contribution in [3.63, 3.8) is 0 Å². The Kier molecular flexibility index (Phi) is 32.9. The van der Waals surface area contributed by atoms with Crippen molar-refractivity contribution >= 4 is 71.2 Å². The summed E-state index contributed by atoms with van der Waals surface area (Å²) in [5, 5.41) is 29.5. The summed E-state index contributed by atoms with van der Waals surface area (Å²) in [4.78, 5) is 16.5. The first-order chi connectivity index (χ1) is 5.46. The molecule has 0 aromatic carbocycles. The molecule has 0 saturated carbocycles. The van der Waals surface area contributed by atoms with E-state index in [1.165, 1.54) is 0 Å². The van der Waals surface area contributed by atoms with Crippen molar-refractivity contribution in [2.75, 3.05) is 0 Å². The van der Waals surface area contributed by atoms with Crippen molar-refractivity contribution in [1.82, 2.24) is 0 Å². The van der Waals surface area contributed by atoms with Crippen molar-refractivity contribution in [2.24, 2.45) is 0 Å². The predicted molar refractivity (Wildman–Crippen MR) is 42.7 cm³/mol. The Bertz CT molecular complexity index is 218. The van der Waals surface area contributed by atoms with Crippen LogP contribution in [0.2, 0.25) is 0 Å². The predicted octanol–water partition coefficient (Wildman–Crippen LogP) is -2.58. The van der Waals surface area contributed by atoms with Crippen molar-refractivity contribution in [2.45, 2.75) is 0 Å². The molecule has 0 aromatic heterocycles.